The van der Waals surface area contributed by atoms with Crippen LogP contribution in [0.25, 0.3) is 0 Å². The number of nitrogens with zero attached hydrogens (tertiary/aromatic N) is 2. The van der Waals surface area contributed by atoms with Crippen molar-refractivity contribution in [1.82, 2.24) is 15.1 Å². The van der Waals surface area contributed by atoms with E-state index in [4.69, 9.17) is 9.47 Å². The van der Waals surface area contributed by atoms with Gasteiger partial charge in [-0.3, -0.25) is 9.59 Å². The van der Waals surface area contributed by atoms with Gasteiger partial charge in [0, 0.05) is 25.2 Å². The summed E-state index contributed by atoms with van der Waals surface area (Å²) in [7, 11) is 7.15. The molecule has 0 fully saturated rings. The summed E-state index contributed by atoms with van der Waals surface area (Å²) in [5, 5.41) is 3.08. The topological polar surface area (TPSA) is 71.1 Å². The Morgan fingerprint density at radius 3 is 2.55 bits per heavy atom. The molecule has 0 saturated heterocycles. The molecule has 2 amide bonds. The Bertz CT molecular complexity index is 1000. The lowest BCUT2D eigenvalue weighted by molar-refractivity contribution is -0.124. The molecule has 1 N–H and O–H groups in total. The molecule has 31 heavy (non-hydrogen) atoms. The fraction of sp³-hybridized carbons (Fsp3) is 0.417. The minimum absolute atomic E-state index is 0.0293. The Labute approximate surface area is 182 Å². The number of carbonyl (C=O) groups excluding carboxylic acids is 2. The van der Waals surface area contributed by atoms with Gasteiger partial charge in [-0.2, -0.15) is 0 Å². The minimum atomic E-state index is -0.492. The summed E-state index contributed by atoms with van der Waals surface area (Å²) < 4.78 is 11.0. The first kappa shape index (κ1) is 21.2. The number of carbonyl (C=O) groups is 2. The van der Waals surface area contributed by atoms with Crippen molar-refractivity contribution in [3.63, 3.8) is 0 Å². The third-order valence-electron chi connectivity index (χ3n) is 6.17. The minimum Gasteiger partial charge on any atom is -0.493 e. The number of rotatable bonds is 6. The third kappa shape index (κ3) is 3.74. The van der Waals surface area contributed by atoms with Gasteiger partial charge in [-0.1, -0.05) is 18.2 Å². The standard InChI is InChI=1S/C24H29N3O4/c1-26(2)12-10-25-23(28)21-16-7-5-6-8-17(16)24(29)27-11-9-15-13-19(30-3)20(31-4)14-18(15)22(21)27/h5-8,13-14,21-22H,9-12H2,1-4H3,(H,25,28)/t21-,22-/m1/s1. The van der Waals surface area contributed by atoms with E-state index >= 15 is 0 Å². The molecule has 0 unspecified atom stereocenters. The smallest absolute Gasteiger partial charge is 0.254 e. The molecule has 7 heteroatoms. The second-order valence-corrected chi connectivity index (χ2v) is 8.26. The molecule has 0 bridgehead atoms. The first-order chi connectivity index (χ1) is 15.0. The van der Waals surface area contributed by atoms with Crippen LogP contribution < -0.4 is 14.8 Å². The van der Waals surface area contributed by atoms with Gasteiger partial charge in [0.2, 0.25) is 5.91 Å². The van der Waals surface area contributed by atoms with E-state index in [9.17, 15) is 9.59 Å². The Kier molecular flexibility index (Phi) is 5.87. The highest BCUT2D eigenvalue weighted by Crippen LogP contribution is 2.48. The van der Waals surface area contributed by atoms with Gasteiger partial charge in [0.05, 0.1) is 26.2 Å². The number of hydrogen-bond donors (Lipinski definition) is 1. The van der Waals surface area contributed by atoms with E-state index in [1.54, 1.807) is 14.2 Å². The number of nitrogens with one attached hydrogen (secondary N) is 1. The number of amides is 2. The van der Waals surface area contributed by atoms with Gasteiger partial charge in [0.15, 0.2) is 11.5 Å². The quantitative estimate of drug-likeness (QED) is 0.772. The molecule has 0 spiro atoms. The maximum atomic E-state index is 13.5. The van der Waals surface area contributed by atoms with Crippen LogP contribution in [0.3, 0.4) is 0 Å². The second-order valence-electron chi connectivity index (χ2n) is 8.26. The van der Waals surface area contributed by atoms with Crippen LogP contribution in [0.4, 0.5) is 0 Å². The van der Waals surface area contributed by atoms with Crippen LogP contribution in [-0.2, 0) is 11.2 Å². The molecule has 164 valence electrons. The zero-order valence-corrected chi connectivity index (χ0v) is 18.5. The molecule has 2 aliphatic rings. The number of ether oxygens (including phenoxy) is 2. The highest BCUT2D eigenvalue weighted by molar-refractivity contribution is 6.01. The van der Waals surface area contributed by atoms with Crippen molar-refractivity contribution in [3.8, 4) is 11.5 Å². The molecule has 2 aromatic carbocycles. The van der Waals surface area contributed by atoms with Crippen LogP contribution in [0, 0.1) is 0 Å². The third-order valence-corrected chi connectivity index (χ3v) is 6.17. The van der Waals surface area contributed by atoms with Crippen LogP contribution >= 0.6 is 0 Å². The van der Waals surface area contributed by atoms with Crippen molar-refractivity contribution in [1.29, 1.82) is 0 Å². The van der Waals surface area contributed by atoms with Crippen molar-refractivity contribution in [2.24, 2.45) is 0 Å². The van der Waals surface area contributed by atoms with Crippen molar-refractivity contribution in [3.05, 3.63) is 58.7 Å². The lowest BCUT2D eigenvalue weighted by atomic mass is 9.75. The molecule has 2 heterocycles. The van der Waals surface area contributed by atoms with Crippen molar-refractivity contribution in [2.45, 2.75) is 18.4 Å². The van der Waals surface area contributed by atoms with E-state index in [0.717, 1.165) is 23.2 Å². The van der Waals surface area contributed by atoms with Gasteiger partial charge >= 0.3 is 0 Å². The van der Waals surface area contributed by atoms with Gasteiger partial charge in [0.25, 0.3) is 5.91 Å². The first-order valence-electron chi connectivity index (χ1n) is 10.5. The number of methoxy groups -OCH3 is 2. The predicted octanol–water partition coefficient (Wildman–Crippen LogP) is 2.22. The maximum absolute atomic E-state index is 13.5. The summed E-state index contributed by atoms with van der Waals surface area (Å²) in [6.07, 6.45) is 0.703. The molecule has 2 aliphatic heterocycles. The average molecular weight is 424 g/mol. The van der Waals surface area contributed by atoms with Crippen molar-refractivity contribution < 1.29 is 19.1 Å². The van der Waals surface area contributed by atoms with Crippen LogP contribution in [0.2, 0.25) is 0 Å². The Morgan fingerprint density at radius 2 is 1.84 bits per heavy atom. The maximum Gasteiger partial charge on any atom is 0.254 e. The Morgan fingerprint density at radius 1 is 1.13 bits per heavy atom. The molecule has 2 aromatic rings. The summed E-state index contributed by atoms with van der Waals surface area (Å²) in [6.45, 7) is 1.85. The van der Waals surface area contributed by atoms with Gasteiger partial charge in [0.1, 0.15) is 0 Å². The molecule has 0 aromatic heterocycles. The summed E-state index contributed by atoms with van der Waals surface area (Å²) in [5.41, 5.74) is 3.41. The van der Waals surface area contributed by atoms with E-state index in [1.807, 2.05) is 60.3 Å². The zero-order chi connectivity index (χ0) is 22.1. The van der Waals surface area contributed by atoms with Gasteiger partial charge in [-0.25, -0.2) is 0 Å². The molecule has 4 rings (SSSR count). The number of benzene rings is 2. The van der Waals surface area contributed by atoms with E-state index in [-0.39, 0.29) is 17.9 Å². The van der Waals surface area contributed by atoms with Gasteiger partial charge < -0.3 is 24.6 Å². The average Bonchev–Trinajstić information content (AvgIpc) is 2.77. The van der Waals surface area contributed by atoms with Gasteiger partial charge in [-0.05, 0) is 55.4 Å². The molecule has 7 nitrogen and oxygen atoms in total. The molecule has 2 atom stereocenters. The van der Waals surface area contributed by atoms with Crippen LogP contribution in [-0.4, -0.2) is 69.6 Å². The number of hydrogen-bond acceptors (Lipinski definition) is 5. The fourth-order valence-corrected chi connectivity index (χ4v) is 4.65. The summed E-state index contributed by atoms with van der Waals surface area (Å²) in [5.74, 6) is 0.663. The highest BCUT2D eigenvalue weighted by Gasteiger charge is 2.46. The first-order valence-corrected chi connectivity index (χ1v) is 10.5. The van der Waals surface area contributed by atoms with E-state index < -0.39 is 5.92 Å². The summed E-state index contributed by atoms with van der Waals surface area (Å²) in [6, 6.07) is 11.0. The van der Waals surface area contributed by atoms with E-state index in [2.05, 4.69) is 5.32 Å². The number of likely N-dealkylation sites (N-methyl/N-ethyl adjacent to an activating group) is 1. The van der Waals surface area contributed by atoms with Crippen molar-refractivity contribution >= 4 is 11.8 Å². The second kappa shape index (κ2) is 8.59. The fourth-order valence-electron chi connectivity index (χ4n) is 4.65. The van der Waals surface area contributed by atoms with Crippen LogP contribution in [0.15, 0.2) is 36.4 Å². The monoisotopic (exact) mass is 423 g/mol. The lowest BCUT2D eigenvalue weighted by Crippen LogP contribution is -2.50. The van der Waals surface area contributed by atoms with Crippen LogP contribution in [0.1, 0.15) is 39.0 Å². The Balaban J connectivity index is 1.81. The largest absolute Gasteiger partial charge is 0.493 e. The Hall–Kier alpha value is -3.06. The SMILES string of the molecule is COc1cc2c(cc1OC)[C@@H]1[C@H](C(=O)NCCN(C)C)c3ccccc3C(=O)N1CC2. The molecule has 0 aliphatic carbocycles. The van der Waals surface area contributed by atoms with Gasteiger partial charge in [-0.15, -0.1) is 0 Å². The molecule has 0 saturated carbocycles. The number of fused-ring (bicyclic) bond motifs is 4. The molecular weight excluding hydrogens is 394 g/mol. The lowest BCUT2D eigenvalue weighted by Gasteiger charge is -2.45. The van der Waals surface area contributed by atoms with E-state index in [1.165, 1.54) is 0 Å². The van der Waals surface area contributed by atoms with Crippen molar-refractivity contribution in [2.75, 3.05) is 47.9 Å². The zero-order valence-electron chi connectivity index (χ0n) is 18.5. The summed E-state index contributed by atoms with van der Waals surface area (Å²) >= 11 is 0. The summed E-state index contributed by atoms with van der Waals surface area (Å²) in [4.78, 5) is 30.7. The van der Waals surface area contributed by atoms with Crippen LogP contribution in [0.5, 0.6) is 11.5 Å². The van der Waals surface area contributed by atoms with E-state index in [0.29, 0.717) is 36.6 Å². The predicted molar refractivity (Wildman–Crippen MR) is 118 cm³/mol. The molecule has 0 radical (unpaired) electrons. The highest BCUT2D eigenvalue weighted by atomic mass is 16.5. The molecular formula is C24H29N3O4. The normalized spacial score (nSPS) is 19.4.